The molecule has 0 spiro atoms. The first-order valence-electron chi connectivity index (χ1n) is 23.6. The molecule has 13 aromatic rings. The van der Waals surface area contributed by atoms with E-state index in [1.54, 1.807) is 0 Å². The molecule has 1 atom stereocenters. The summed E-state index contributed by atoms with van der Waals surface area (Å²) in [5.41, 5.74) is 14.4. The van der Waals surface area contributed by atoms with Gasteiger partial charge in [0.1, 0.15) is 11.4 Å². The van der Waals surface area contributed by atoms with Crippen molar-refractivity contribution in [3.63, 3.8) is 0 Å². The maximum atomic E-state index is 7.38. The van der Waals surface area contributed by atoms with Crippen molar-refractivity contribution >= 4 is 65.6 Å². The minimum absolute atomic E-state index is 0.0335. The smallest absolute Gasteiger partial charge is 0.163 e. The fraction of sp³-hybridized carbons (Fsp3) is 0.0317. The third-order valence-electron chi connectivity index (χ3n) is 13.8. The number of furan rings is 1. The fourth-order valence-electron chi connectivity index (χ4n) is 10.7. The Balaban J connectivity index is 1.08. The molecule has 0 aliphatic heterocycles. The summed E-state index contributed by atoms with van der Waals surface area (Å²) < 4.78 is 12.2. The van der Waals surface area contributed by atoms with Crippen molar-refractivity contribution in [1.29, 1.82) is 0 Å². The van der Waals surface area contributed by atoms with Crippen molar-refractivity contribution in [2.75, 3.05) is 0 Å². The number of rotatable bonds is 7. The highest BCUT2D eigenvalue weighted by molar-refractivity contribution is 6.28. The van der Waals surface area contributed by atoms with Crippen molar-refractivity contribution in [3.05, 3.63) is 236 Å². The molecule has 4 aromatic heterocycles. The first-order valence-corrected chi connectivity index (χ1v) is 23.6. The van der Waals surface area contributed by atoms with E-state index in [9.17, 15) is 0 Å². The van der Waals surface area contributed by atoms with E-state index in [-0.39, 0.29) is 5.92 Å². The van der Waals surface area contributed by atoms with Gasteiger partial charge < -0.3 is 13.6 Å². The second kappa shape index (κ2) is 15.8. The Morgan fingerprint density at radius 2 is 0.971 bits per heavy atom. The van der Waals surface area contributed by atoms with Gasteiger partial charge in [-0.15, -0.1) is 0 Å². The average molecular weight is 884 g/mol. The Kier molecular flexibility index (Phi) is 8.92. The summed E-state index contributed by atoms with van der Waals surface area (Å²) in [6.07, 6.45) is 9.37. The highest BCUT2D eigenvalue weighted by Gasteiger charge is 2.27. The molecule has 0 fully saturated rings. The van der Waals surface area contributed by atoms with Gasteiger partial charge in [-0.25, -0.2) is 15.0 Å². The van der Waals surface area contributed by atoms with E-state index in [0.29, 0.717) is 11.6 Å². The highest BCUT2D eigenvalue weighted by Crippen LogP contribution is 2.48. The molecule has 0 saturated heterocycles. The van der Waals surface area contributed by atoms with E-state index in [0.717, 1.165) is 117 Å². The van der Waals surface area contributed by atoms with Crippen molar-refractivity contribution in [3.8, 4) is 56.4 Å². The lowest BCUT2D eigenvalue weighted by Crippen LogP contribution is -2.08. The van der Waals surface area contributed by atoms with Gasteiger partial charge in [0.2, 0.25) is 0 Å². The molecule has 1 unspecified atom stereocenters. The van der Waals surface area contributed by atoms with Crippen molar-refractivity contribution < 1.29 is 4.42 Å². The number of fused-ring (bicyclic) bond motifs is 11. The summed E-state index contributed by atoms with van der Waals surface area (Å²) in [4.78, 5) is 15.7. The van der Waals surface area contributed by atoms with E-state index >= 15 is 0 Å². The van der Waals surface area contributed by atoms with Crippen LogP contribution in [0.4, 0.5) is 0 Å². The molecule has 1 aliphatic rings. The molecule has 0 N–H and O–H groups in total. The standard InChI is InChI=1S/C63H41N5O/c1-6-20-40(21-7-1)51-38-44(63-65-61(42-24-10-3-11-25-42)64-62(66-63)43-26-12-4-13-27-43)39-52(41-22-8-2-9-23-41)57(51)68-54-33-19-17-31-50(54)56-55(68)37-36-48-49-35-34-47-46-30-16-18-32-53(46)67(45-28-14-5-15-29-45)58(47)60(49)69-59(48)56/h1-26,28-39,43H,27H2. The van der Waals surface area contributed by atoms with Crippen LogP contribution >= 0.6 is 0 Å². The number of benzene rings is 9. The molecule has 1 aliphatic carbocycles. The number of nitrogens with zero attached hydrogens (tertiary/aromatic N) is 5. The van der Waals surface area contributed by atoms with Gasteiger partial charge in [-0.05, 0) is 72.1 Å². The second-order valence-electron chi connectivity index (χ2n) is 17.8. The van der Waals surface area contributed by atoms with Crippen LogP contribution in [0.5, 0.6) is 0 Å². The molecule has 14 rings (SSSR count). The normalized spacial score (nSPS) is 13.8. The van der Waals surface area contributed by atoms with Crippen LogP contribution in [-0.4, -0.2) is 24.1 Å². The van der Waals surface area contributed by atoms with Crippen LogP contribution in [-0.2, 0) is 0 Å². The van der Waals surface area contributed by atoms with Gasteiger partial charge in [0.05, 0.1) is 33.1 Å². The molecule has 69 heavy (non-hydrogen) atoms. The molecule has 4 heterocycles. The number of aromatic nitrogens is 5. The summed E-state index contributed by atoms with van der Waals surface area (Å²) in [7, 11) is 0. The van der Waals surface area contributed by atoms with Crippen LogP contribution in [0.3, 0.4) is 0 Å². The lowest BCUT2D eigenvalue weighted by molar-refractivity contribution is 0.675. The largest absolute Gasteiger partial charge is 0.453 e. The van der Waals surface area contributed by atoms with Crippen LogP contribution < -0.4 is 0 Å². The topological polar surface area (TPSA) is 61.7 Å². The van der Waals surface area contributed by atoms with Gasteiger partial charge in [0.15, 0.2) is 17.2 Å². The van der Waals surface area contributed by atoms with Crippen molar-refractivity contribution in [2.45, 2.75) is 12.3 Å². The third-order valence-corrected chi connectivity index (χ3v) is 13.8. The lowest BCUT2D eigenvalue weighted by atomic mass is 9.92. The van der Waals surface area contributed by atoms with E-state index in [4.69, 9.17) is 19.4 Å². The Bertz CT molecular complexity index is 4140. The summed E-state index contributed by atoms with van der Waals surface area (Å²) in [6.45, 7) is 0. The van der Waals surface area contributed by atoms with Gasteiger partial charge >= 0.3 is 0 Å². The Morgan fingerprint density at radius 3 is 1.64 bits per heavy atom. The Hall–Kier alpha value is -9.13. The zero-order valence-electron chi connectivity index (χ0n) is 37.4. The van der Waals surface area contributed by atoms with E-state index < -0.39 is 0 Å². The zero-order valence-corrected chi connectivity index (χ0v) is 37.4. The highest BCUT2D eigenvalue weighted by atomic mass is 16.3. The number of hydrogen-bond donors (Lipinski definition) is 0. The van der Waals surface area contributed by atoms with E-state index in [1.807, 2.05) is 18.2 Å². The average Bonchev–Trinajstić information content (AvgIpc) is 4.09. The number of para-hydroxylation sites is 3. The maximum absolute atomic E-state index is 7.38. The predicted molar refractivity (Wildman–Crippen MR) is 283 cm³/mol. The first kappa shape index (κ1) is 39.1. The monoisotopic (exact) mass is 883 g/mol. The summed E-state index contributed by atoms with van der Waals surface area (Å²) >= 11 is 0. The van der Waals surface area contributed by atoms with Crippen LogP contribution in [0.2, 0.25) is 0 Å². The molecule has 6 heteroatoms. The van der Waals surface area contributed by atoms with E-state index in [1.165, 1.54) is 5.39 Å². The first-order chi connectivity index (χ1) is 34.2. The molecule has 6 nitrogen and oxygen atoms in total. The maximum Gasteiger partial charge on any atom is 0.163 e. The van der Waals surface area contributed by atoms with Gasteiger partial charge in [-0.1, -0.05) is 176 Å². The molecule has 0 radical (unpaired) electrons. The minimum Gasteiger partial charge on any atom is -0.453 e. The molecular weight excluding hydrogens is 843 g/mol. The lowest BCUT2D eigenvalue weighted by Gasteiger charge is -2.21. The third kappa shape index (κ3) is 6.23. The van der Waals surface area contributed by atoms with Gasteiger partial charge in [0.25, 0.3) is 0 Å². The quantitative estimate of drug-likeness (QED) is 0.160. The van der Waals surface area contributed by atoms with Gasteiger partial charge in [-0.2, -0.15) is 0 Å². The van der Waals surface area contributed by atoms with E-state index in [2.05, 4.69) is 221 Å². The van der Waals surface area contributed by atoms with Gasteiger partial charge in [-0.3, -0.25) is 0 Å². The summed E-state index contributed by atoms with van der Waals surface area (Å²) in [5.74, 6) is 2.08. The number of allylic oxidation sites excluding steroid dienone is 4. The van der Waals surface area contributed by atoms with Crippen molar-refractivity contribution in [2.24, 2.45) is 0 Å². The predicted octanol–water partition coefficient (Wildman–Crippen LogP) is 16.2. The molecular formula is C63H41N5O. The zero-order chi connectivity index (χ0) is 45.4. The molecule has 0 saturated carbocycles. The fourth-order valence-corrected chi connectivity index (χ4v) is 10.7. The van der Waals surface area contributed by atoms with Crippen LogP contribution in [0.1, 0.15) is 18.2 Å². The van der Waals surface area contributed by atoms with Crippen molar-refractivity contribution in [1.82, 2.24) is 24.1 Å². The summed E-state index contributed by atoms with van der Waals surface area (Å²) in [5, 5.41) is 6.70. The Morgan fingerprint density at radius 1 is 0.420 bits per heavy atom. The van der Waals surface area contributed by atoms with Crippen LogP contribution in [0.25, 0.3) is 122 Å². The molecule has 324 valence electrons. The minimum atomic E-state index is 0.0335. The van der Waals surface area contributed by atoms with Gasteiger partial charge in [0, 0.05) is 60.8 Å². The molecule has 0 bridgehead atoms. The van der Waals surface area contributed by atoms with Crippen LogP contribution in [0.15, 0.2) is 235 Å². The Labute approximate surface area is 397 Å². The molecule has 9 aromatic carbocycles. The molecule has 0 amide bonds. The van der Waals surface area contributed by atoms with Crippen LogP contribution in [0, 0.1) is 0 Å². The second-order valence-corrected chi connectivity index (χ2v) is 17.8. The number of hydrogen-bond acceptors (Lipinski definition) is 4. The summed E-state index contributed by atoms with van der Waals surface area (Å²) in [6, 6.07) is 73.3. The SMILES string of the molecule is C1=CCC(c2nc(-c3ccccc3)nc(-c3cc(-c4ccccc4)c(-n4c5ccccc5c5c6oc7c(ccc8c9ccccc9n(-c9ccccc9)c87)c6ccc54)c(-c4ccccc4)c3)n2)C=C1.